The molecule has 2 unspecified atom stereocenters. The van der Waals surface area contributed by atoms with Gasteiger partial charge in [0.25, 0.3) is 0 Å². The molecule has 0 aromatic heterocycles. The molecule has 3 amide bonds. The quantitative estimate of drug-likeness (QED) is 0.399. The molecular formula is C21H31N3O6S. The van der Waals surface area contributed by atoms with Crippen LogP contribution in [-0.2, 0) is 25.5 Å². The van der Waals surface area contributed by atoms with Crippen LogP contribution in [0.25, 0.3) is 0 Å². The van der Waals surface area contributed by atoms with Crippen molar-refractivity contribution in [1.82, 2.24) is 16.0 Å². The molecule has 0 saturated heterocycles. The number of amides is 3. The van der Waals surface area contributed by atoms with Gasteiger partial charge < -0.3 is 25.8 Å². The van der Waals surface area contributed by atoms with Gasteiger partial charge in [-0.2, -0.15) is 11.8 Å². The van der Waals surface area contributed by atoms with Crippen LogP contribution >= 0.6 is 11.8 Å². The van der Waals surface area contributed by atoms with Gasteiger partial charge in [0.2, 0.25) is 11.8 Å². The van der Waals surface area contributed by atoms with E-state index in [1.807, 2.05) is 12.3 Å². The lowest BCUT2D eigenvalue weighted by Gasteiger charge is -2.22. The Hall–Kier alpha value is -2.75. The number of hydrogen-bond donors (Lipinski definition) is 4. The Balaban J connectivity index is 2.81. The number of carboxylic acid groups (broad SMARTS) is 1. The van der Waals surface area contributed by atoms with Gasteiger partial charge in [0, 0.05) is 6.42 Å². The van der Waals surface area contributed by atoms with Crippen molar-refractivity contribution in [3.63, 3.8) is 0 Å². The molecule has 4 N–H and O–H groups in total. The van der Waals surface area contributed by atoms with Crippen molar-refractivity contribution in [2.75, 3.05) is 18.6 Å². The fourth-order valence-corrected chi connectivity index (χ4v) is 3.01. The molecule has 9 nitrogen and oxygen atoms in total. The van der Waals surface area contributed by atoms with Crippen LogP contribution < -0.4 is 16.0 Å². The SMILES string of the molecule is CSCCC(NC(=O)C(Cc1ccccc1)NC(=O)CNC(=O)OC(C)(C)C)C(=O)O. The number of carbonyl (C=O) groups is 4. The first-order valence-electron chi connectivity index (χ1n) is 9.84. The average molecular weight is 454 g/mol. The second-order valence-corrected chi connectivity index (χ2v) is 8.83. The van der Waals surface area contributed by atoms with Crippen LogP contribution in [0.1, 0.15) is 32.8 Å². The third-order valence-corrected chi connectivity index (χ3v) is 4.60. The predicted molar refractivity (Wildman–Crippen MR) is 119 cm³/mol. The van der Waals surface area contributed by atoms with Crippen molar-refractivity contribution in [2.24, 2.45) is 0 Å². The lowest BCUT2D eigenvalue weighted by molar-refractivity contribution is -0.142. The van der Waals surface area contributed by atoms with E-state index < -0.39 is 41.6 Å². The van der Waals surface area contributed by atoms with Crippen molar-refractivity contribution in [3.05, 3.63) is 35.9 Å². The first-order chi connectivity index (χ1) is 14.5. The zero-order valence-corrected chi connectivity index (χ0v) is 19.1. The van der Waals surface area contributed by atoms with Gasteiger partial charge in [0.1, 0.15) is 24.2 Å². The fraction of sp³-hybridized carbons (Fsp3) is 0.524. The number of alkyl carbamates (subject to hydrolysis) is 1. The molecule has 1 aromatic rings. The summed E-state index contributed by atoms with van der Waals surface area (Å²) in [5.41, 5.74) is 0.0814. The second kappa shape index (κ2) is 12.8. The largest absolute Gasteiger partial charge is 0.480 e. The molecule has 1 rings (SSSR count). The van der Waals surface area contributed by atoms with Crippen molar-refractivity contribution in [1.29, 1.82) is 0 Å². The van der Waals surface area contributed by atoms with Gasteiger partial charge in [-0.25, -0.2) is 9.59 Å². The molecule has 0 bridgehead atoms. The first kappa shape index (κ1) is 26.3. The summed E-state index contributed by atoms with van der Waals surface area (Å²) < 4.78 is 5.08. The Kier molecular flexibility index (Phi) is 10.9. The monoisotopic (exact) mass is 453 g/mol. The van der Waals surface area contributed by atoms with Gasteiger partial charge in [-0.15, -0.1) is 0 Å². The topological polar surface area (TPSA) is 134 Å². The average Bonchev–Trinajstić information content (AvgIpc) is 2.68. The highest BCUT2D eigenvalue weighted by molar-refractivity contribution is 7.98. The number of carboxylic acids is 1. The lowest BCUT2D eigenvalue weighted by atomic mass is 10.0. The van der Waals surface area contributed by atoms with Crippen LogP contribution in [0.2, 0.25) is 0 Å². The molecule has 172 valence electrons. The maximum absolute atomic E-state index is 12.8. The molecule has 0 saturated carbocycles. The second-order valence-electron chi connectivity index (χ2n) is 7.85. The highest BCUT2D eigenvalue weighted by Gasteiger charge is 2.27. The number of nitrogens with one attached hydrogen (secondary N) is 3. The zero-order chi connectivity index (χ0) is 23.4. The van der Waals surface area contributed by atoms with E-state index in [4.69, 9.17) is 4.74 Å². The van der Waals surface area contributed by atoms with Crippen LogP contribution in [0, 0.1) is 0 Å². The lowest BCUT2D eigenvalue weighted by Crippen LogP contribution is -2.54. The molecule has 0 fully saturated rings. The van der Waals surface area contributed by atoms with E-state index in [1.165, 1.54) is 11.8 Å². The summed E-state index contributed by atoms with van der Waals surface area (Å²) >= 11 is 1.47. The van der Waals surface area contributed by atoms with Crippen molar-refractivity contribution in [3.8, 4) is 0 Å². The van der Waals surface area contributed by atoms with Gasteiger partial charge in [-0.05, 0) is 44.8 Å². The van der Waals surface area contributed by atoms with Crippen LogP contribution in [-0.4, -0.2) is 65.2 Å². The van der Waals surface area contributed by atoms with E-state index in [9.17, 15) is 24.3 Å². The van der Waals surface area contributed by atoms with Crippen LogP contribution in [0.3, 0.4) is 0 Å². The van der Waals surface area contributed by atoms with E-state index >= 15 is 0 Å². The van der Waals surface area contributed by atoms with E-state index in [0.29, 0.717) is 5.75 Å². The maximum atomic E-state index is 12.8. The minimum atomic E-state index is -1.14. The molecule has 31 heavy (non-hydrogen) atoms. The summed E-state index contributed by atoms with van der Waals surface area (Å²) in [4.78, 5) is 48.3. The Bertz CT molecular complexity index is 751. The smallest absolute Gasteiger partial charge is 0.408 e. The third-order valence-electron chi connectivity index (χ3n) is 3.95. The van der Waals surface area contributed by atoms with E-state index in [-0.39, 0.29) is 19.4 Å². The number of carbonyl (C=O) groups excluding carboxylic acids is 3. The highest BCUT2D eigenvalue weighted by atomic mass is 32.2. The Morgan fingerprint density at radius 3 is 2.26 bits per heavy atom. The van der Waals surface area contributed by atoms with Gasteiger partial charge in [0.15, 0.2) is 0 Å². The van der Waals surface area contributed by atoms with E-state index in [2.05, 4.69) is 16.0 Å². The van der Waals surface area contributed by atoms with E-state index in [1.54, 1.807) is 45.0 Å². The summed E-state index contributed by atoms with van der Waals surface area (Å²) in [6.07, 6.45) is 1.51. The molecule has 1 aromatic carbocycles. The molecule has 10 heteroatoms. The van der Waals surface area contributed by atoms with Gasteiger partial charge in [0.05, 0.1) is 0 Å². The molecule has 0 radical (unpaired) electrons. The predicted octanol–water partition coefficient (Wildman–Crippen LogP) is 1.56. The van der Waals surface area contributed by atoms with Crippen molar-refractivity contribution in [2.45, 2.75) is 51.3 Å². The highest BCUT2D eigenvalue weighted by Crippen LogP contribution is 2.07. The summed E-state index contributed by atoms with van der Waals surface area (Å²) in [6, 6.07) is 6.96. The Morgan fingerprint density at radius 2 is 1.71 bits per heavy atom. The first-order valence-corrected chi connectivity index (χ1v) is 11.2. The van der Waals surface area contributed by atoms with Gasteiger partial charge >= 0.3 is 12.1 Å². The number of hydrogen-bond acceptors (Lipinski definition) is 6. The van der Waals surface area contributed by atoms with E-state index in [0.717, 1.165) is 5.56 Å². The van der Waals surface area contributed by atoms with Gasteiger partial charge in [-0.1, -0.05) is 30.3 Å². The molecule has 0 spiro atoms. The molecular weight excluding hydrogens is 422 g/mol. The fourth-order valence-electron chi connectivity index (χ4n) is 2.54. The number of rotatable bonds is 11. The number of aliphatic carboxylic acids is 1. The maximum Gasteiger partial charge on any atom is 0.408 e. The van der Waals surface area contributed by atoms with Crippen LogP contribution in [0.5, 0.6) is 0 Å². The summed E-state index contributed by atoms with van der Waals surface area (Å²) in [7, 11) is 0. The molecule has 0 aliphatic carbocycles. The molecule has 0 aliphatic rings. The number of ether oxygens (including phenoxy) is 1. The number of thioether (sulfide) groups is 1. The molecule has 0 aliphatic heterocycles. The normalized spacial score (nSPS) is 12.9. The van der Waals surface area contributed by atoms with Crippen molar-refractivity contribution < 1.29 is 29.0 Å². The van der Waals surface area contributed by atoms with Gasteiger partial charge in [-0.3, -0.25) is 9.59 Å². The Morgan fingerprint density at radius 1 is 1.06 bits per heavy atom. The third kappa shape index (κ3) is 11.3. The van der Waals surface area contributed by atoms with Crippen LogP contribution in [0.15, 0.2) is 30.3 Å². The summed E-state index contributed by atoms with van der Waals surface area (Å²) in [5, 5.41) is 16.8. The molecule has 0 heterocycles. The van der Waals surface area contributed by atoms with Crippen LogP contribution in [0.4, 0.5) is 4.79 Å². The molecule has 2 atom stereocenters. The minimum Gasteiger partial charge on any atom is -0.480 e. The standard InChI is InChI=1S/C21H31N3O6S/c1-21(2,3)30-20(29)22-13-17(25)23-16(12-14-8-6-5-7-9-14)18(26)24-15(19(27)28)10-11-31-4/h5-9,15-16H,10-13H2,1-4H3,(H,22,29)(H,23,25)(H,24,26)(H,27,28). The zero-order valence-electron chi connectivity index (χ0n) is 18.3. The summed E-state index contributed by atoms with van der Waals surface area (Å²) in [6.45, 7) is 4.71. The number of benzene rings is 1. The minimum absolute atomic E-state index is 0.166. The Labute approximate surface area is 186 Å². The van der Waals surface area contributed by atoms with Crippen molar-refractivity contribution >= 4 is 35.6 Å². The summed E-state index contributed by atoms with van der Waals surface area (Å²) in [5.74, 6) is -1.79.